The van der Waals surface area contributed by atoms with Crippen LogP contribution in [0.25, 0.3) is 0 Å². The number of guanidine groups is 1. The lowest BCUT2D eigenvalue weighted by Gasteiger charge is -2.26. The van der Waals surface area contributed by atoms with E-state index in [4.69, 9.17) is 0 Å². The number of halogens is 1. The van der Waals surface area contributed by atoms with E-state index in [0.29, 0.717) is 19.0 Å². The van der Waals surface area contributed by atoms with Gasteiger partial charge in [-0.3, -0.25) is 9.79 Å². The summed E-state index contributed by atoms with van der Waals surface area (Å²) in [6.45, 7) is 5.02. The minimum atomic E-state index is 0. The fraction of sp³-hybridized carbons (Fsp3) is 0.889. The Morgan fingerprint density at radius 2 is 1.64 bits per heavy atom. The number of piperidine rings is 1. The number of rotatable bonds is 7. The van der Waals surface area contributed by atoms with Crippen LogP contribution in [0.3, 0.4) is 0 Å². The average molecular weight is 465 g/mol. The highest BCUT2D eigenvalue weighted by molar-refractivity contribution is 14.0. The minimum absolute atomic E-state index is 0. The lowest BCUT2D eigenvalue weighted by Crippen LogP contribution is -2.44. The highest BCUT2D eigenvalue weighted by atomic mass is 127. The van der Waals surface area contributed by atoms with Crippen molar-refractivity contribution in [3.63, 3.8) is 0 Å². The Balaban J connectivity index is 0.00000312. The molecule has 0 aromatic heterocycles. The van der Waals surface area contributed by atoms with Crippen molar-refractivity contribution in [2.75, 3.05) is 39.8 Å². The van der Waals surface area contributed by atoms with Gasteiger partial charge in [-0.15, -0.1) is 24.0 Å². The van der Waals surface area contributed by atoms with Gasteiger partial charge in [0.15, 0.2) is 5.96 Å². The first kappa shape index (κ1) is 22.5. The molecule has 146 valence electrons. The number of nitrogens with one attached hydrogen (secondary N) is 3. The largest absolute Gasteiger partial charge is 0.356 e. The Morgan fingerprint density at radius 3 is 2.32 bits per heavy atom. The number of likely N-dealkylation sites (tertiary alicyclic amines) is 1. The summed E-state index contributed by atoms with van der Waals surface area (Å²) >= 11 is 0. The molecular weight excluding hydrogens is 429 g/mol. The quantitative estimate of drug-likeness (QED) is 0.306. The summed E-state index contributed by atoms with van der Waals surface area (Å²) in [5.41, 5.74) is 0. The molecule has 6 nitrogen and oxygen atoms in total. The standard InChI is InChI=1S/C18H35N5O.HI/c1-19-18(21-12-15-23-13-6-3-7-14-23)20-11-10-17(24)22-16-8-4-2-5-9-16;/h16H,2-15H2,1H3,(H,22,24)(H2,19,20,21);1H. The fourth-order valence-corrected chi connectivity index (χ4v) is 3.58. The molecule has 1 amide bonds. The van der Waals surface area contributed by atoms with Crippen LogP contribution in [0.2, 0.25) is 0 Å². The second kappa shape index (κ2) is 13.6. The molecule has 0 spiro atoms. The van der Waals surface area contributed by atoms with Gasteiger partial charge in [0.05, 0.1) is 0 Å². The van der Waals surface area contributed by atoms with Gasteiger partial charge in [-0.05, 0) is 38.8 Å². The third kappa shape index (κ3) is 9.63. The summed E-state index contributed by atoms with van der Waals surface area (Å²) in [5.74, 6) is 0.940. The number of nitrogens with zero attached hydrogens (tertiary/aromatic N) is 2. The molecule has 0 unspecified atom stereocenters. The molecule has 3 N–H and O–H groups in total. The van der Waals surface area contributed by atoms with Crippen molar-refractivity contribution in [1.29, 1.82) is 0 Å². The lowest BCUT2D eigenvalue weighted by molar-refractivity contribution is -0.121. The molecule has 0 aromatic rings. The molecule has 2 rings (SSSR count). The van der Waals surface area contributed by atoms with E-state index < -0.39 is 0 Å². The van der Waals surface area contributed by atoms with Crippen molar-refractivity contribution in [1.82, 2.24) is 20.9 Å². The van der Waals surface area contributed by atoms with Crippen LogP contribution in [0.1, 0.15) is 57.8 Å². The summed E-state index contributed by atoms with van der Waals surface area (Å²) in [6, 6.07) is 0.397. The average Bonchev–Trinajstić information content (AvgIpc) is 2.62. The number of carbonyl (C=O) groups excluding carboxylic acids is 1. The molecule has 0 bridgehead atoms. The van der Waals surface area contributed by atoms with E-state index in [-0.39, 0.29) is 29.9 Å². The molecule has 2 fully saturated rings. The Morgan fingerprint density at radius 1 is 1.00 bits per heavy atom. The van der Waals surface area contributed by atoms with E-state index >= 15 is 0 Å². The maximum atomic E-state index is 12.0. The summed E-state index contributed by atoms with van der Waals surface area (Å²) in [5, 5.41) is 9.72. The number of aliphatic imine (C=N–C) groups is 1. The van der Waals surface area contributed by atoms with Crippen molar-refractivity contribution in [2.24, 2.45) is 4.99 Å². The van der Waals surface area contributed by atoms with Crippen molar-refractivity contribution in [3.8, 4) is 0 Å². The van der Waals surface area contributed by atoms with Gasteiger partial charge in [-0.2, -0.15) is 0 Å². The molecule has 1 saturated carbocycles. The highest BCUT2D eigenvalue weighted by Gasteiger charge is 2.15. The fourth-order valence-electron chi connectivity index (χ4n) is 3.58. The van der Waals surface area contributed by atoms with Crippen LogP contribution in [-0.2, 0) is 4.79 Å². The number of amides is 1. The Hall–Kier alpha value is -0.570. The maximum Gasteiger partial charge on any atom is 0.221 e. The van der Waals surface area contributed by atoms with Crippen molar-refractivity contribution in [2.45, 2.75) is 63.8 Å². The molecule has 1 aliphatic carbocycles. The van der Waals surface area contributed by atoms with Crippen molar-refractivity contribution in [3.05, 3.63) is 0 Å². The van der Waals surface area contributed by atoms with E-state index in [1.807, 2.05) is 0 Å². The van der Waals surface area contributed by atoms with E-state index in [1.54, 1.807) is 7.05 Å². The smallest absolute Gasteiger partial charge is 0.221 e. The van der Waals surface area contributed by atoms with Gasteiger partial charge in [0.2, 0.25) is 5.91 Å². The zero-order valence-corrected chi connectivity index (χ0v) is 18.0. The van der Waals surface area contributed by atoms with Gasteiger partial charge in [-0.25, -0.2) is 0 Å². The predicted molar refractivity (Wildman–Crippen MR) is 115 cm³/mol. The Labute approximate surface area is 170 Å². The van der Waals surface area contributed by atoms with Crippen LogP contribution in [0.4, 0.5) is 0 Å². The summed E-state index contributed by atoms with van der Waals surface area (Å²) in [6.07, 6.45) is 10.6. The summed E-state index contributed by atoms with van der Waals surface area (Å²) in [7, 11) is 1.78. The molecule has 1 aliphatic heterocycles. The van der Waals surface area contributed by atoms with Gasteiger partial charge in [0, 0.05) is 39.1 Å². The molecule has 0 radical (unpaired) electrons. The molecule has 1 saturated heterocycles. The zero-order valence-electron chi connectivity index (χ0n) is 15.7. The Kier molecular flexibility index (Phi) is 12.2. The third-order valence-electron chi connectivity index (χ3n) is 5.01. The summed E-state index contributed by atoms with van der Waals surface area (Å²) < 4.78 is 0. The van der Waals surface area contributed by atoms with E-state index in [0.717, 1.165) is 31.9 Å². The maximum absolute atomic E-state index is 12.0. The van der Waals surface area contributed by atoms with Crippen molar-refractivity contribution < 1.29 is 4.79 Å². The van der Waals surface area contributed by atoms with E-state index in [9.17, 15) is 4.79 Å². The van der Waals surface area contributed by atoms with Crippen LogP contribution in [0.15, 0.2) is 4.99 Å². The van der Waals surface area contributed by atoms with Gasteiger partial charge >= 0.3 is 0 Å². The number of carbonyl (C=O) groups is 1. The van der Waals surface area contributed by atoms with Gasteiger partial charge < -0.3 is 20.9 Å². The second-order valence-electron chi connectivity index (χ2n) is 6.98. The first-order chi connectivity index (χ1) is 11.8. The van der Waals surface area contributed by atoms with Crippen LogP contribution in [0.5, 0.6) is 0 Å². The Bertz CT molecular complexity index is 393. The topological polar surface area (TPSA) is 68.8 Å². The van der Waals surface area contributed by atoms with Crippen LogP contribution in [0, 0.1) is 0 Å². The lowest BCUT2D eigenvalue weighted by atomic mass is 9.95. The van der Waals surface area contributed by atoms with Gasteiger partial charge in [0.1, 0.15) is 0 Å². The van der Waals surface area contributed by atoms with E-state index in [2.05, 4.69) is 25.8 Å². The minimum Gasteiger partial charge on any atom is -0.356 e. The molecule has 25 heavy (non-hydrogen) atoms. The van der Waals surface area contributed by atoms with Crippen LogP contribution >= 0.6 is 24.0 Å². The van der Waals surface area contributed by atoms with Crippen LogP contribution < -0.4 is 16.0 Å². The van der Waals surface area contributed by atoms with E-state index in [1.165, 1.54) is 51.6 Å². The molecule has 0 atom stereocenters. The molecular formula is C18H36IN5O. The highest BCUT2D eigenvalue weighted by Crippen LogP contribution is 2.17. The third-order valence-corrected chi connectivity index (χ3v) is 5.01. The van der Waals surface area contributed by atoms with Crippen LogP contribution in [-0.4, -0.2) is 62.6 Å². The molecule has 1 heterocycles. The SMILES string of the molecule is CN=C(NCCC(=O)NC1CCCCC1)NCCN1CCCCC1.I. The molecule has 2 aliphatic rings. The number of hydrogen-bond donors (Lipinski definition) is 3. The second-order valence-corrected chi connectivity index (χ2v) is 6.98. The first-order valence-electron chi connectivity index (χ1n) is 9.74. The van der Waals surface area contributed by atoms with Gasteiger partial charge in [-0.1, -0.05) is 25.7 Å². The monoisotopic (exact) mass is 465 g/mol. The normalized spacial score (nSPS) is 19.8. The van der Waals surface area contributed by atoms with Gasteiger partial charge in [0.25, 0.3) is 0 Å². The van der Waals surface area contributed by atoms with Crippen molar-refractivity contribution >= 4 is 35.8 Å². The zero-order chi connectivity index (χ0) is 17.0. The summed E-state index contributed by atoms with van der Waals surface area (Å²) in [4.78, 5) is 18.7. The predicted octanol–water partition coefficient (Wildman–Crippen LogP) is 2.09. The molecule has 7 heteroatoms. The number of hydrogen-bond acceptors (Lipinski definition) is 3. The molecule has 0 aromatic carbocycles. The first-order valence-corrected chi connectivity index (χ1v) is 9.74.